The van der Waals surface area contributed by atoms with Crippen LogP contribution in [0.3, 0.4) is 0 Å². The van der Waals surface area contributed by atoms with Gasteiger partial charge in [-0.05, 0) is 43.5 Å². The van der Waals surface area contributed by atoms with Gasteiger partial charge in [-0.25, -0.2) is 0 Å². The van der Waals surface area contributed by atoms with E-state index in [4.69, 9.17) is 9.47 Å². The van der Waals surface area contributed by atoms with E-state index >= 15 is 0 Å². The van der Waals surface area contributed by atoms with Gasteiger partial charge in [-0.2, -0.15) is 0 Å². The zero-order valence-electron chi connectivity index (χ0n) is 10.8. The van der Waals surface area contributed by atoms with Crippen molar-refractivity contribution in [3.63, 3.8) is 0 Å². The lowest BCUT2D eigenvalue weighted by Gasteiger charge is -2.05. The highest BCUT2D eigenvalue weighted by atomic mass is 16.7. The summed E-state index contributed by atoms with van der Waals surface area (Å²) in [6, 6.07) is 6.11. The molecule has 0 saturated heterocycles. The van der Waals surface area contributed by atoms with Crippen LogP contribution in [0.2, 0.25) is 0 Å². The van der Waals surface area contributed by atoms with Crippen molar-refractivity contribution in [2.45, 2.75) is 32.2 Å². The minimum absolute atomic E-state index is 0.343. The Morgan fingerprint density at radius 3 is 2.94 bits per heavy atom. The Morgan fingerprint density at radius 2 is 2.06 bits per heavy atom. The second kappa shape index (κ2) is 7.07. The van der Waals surface area contributed by atoms with Crippen LogP contribution in [0.1, 0.15) is 31.2 Å². The molecule has 1 aromatic rings. The number of unbranched alkanes of at least 4 members (excludes halogenated alkanes) is 3. The van der Waals surface area contributed by atoms with E-state index < -0.39 is 0 Å². The molecule has 0 atom stereocenters. The summed E-state index contributed by atoms with van der Waals surface area (Å²) in [6.45, 7) is 6.02. The molecule has 3 nitrogen and oxygen atoms in total. The van der Waals surface area contributed by atoms with Gasteiger partial charge in [0.05, 0.1) is 0 Å². The molecule has 0 aliphatic carbocycles. The van der Waals surface area contributed by atoms with Gasteiger partial charge in [-0.15, -0.1) is 6.58 Å². The zero-order valence-corrected chi connectivity index (χ0v) is 10.8. The fraction of sp³-hybridized carbons (Fsp3) is 0.467. The number of fused-ring (bicyclic) bond motifs is 1. The van der Waals surface area contributed by atoms with Gasteiger partial charge in [0.15, 0.2) is 11.5 Å². The predicted octanol–water partition coefficient (Wildman–Crippen LogP) is 3.25. The van der Waals surface area contributed by atoms with Gasteiger partial charge in [0.1, 0.15) is 0 Å². The highest BCUT2D eigenvalue weighted by molar-refractivity contribution is 5.44. The summed E-state index contributed by atoms with van der Waals surface area (Å²) >= 11 is 0. The molecule has 1 aliphatic heterocycles. The minimum Gasteiger partial charge on any atom is -0.454 e. The van der Waals surface area contributed by atoms with Gasteiger partial charge in [0.2, 0.25) is 6.79 Å². The lowest BCUT2D eigenvalue weighted by Crippen LogP contribution is -2.14. The molecule has 3 heteroatoms. The van der Waals surface area contributed by atoms with Crippen LogP contribution in [-0.4, -0.2) is 13.3 Å². The Labute approximate surface area is 109 Å². The Bertz CT molecular complexity index is 390. The maximum Gasteiger partial charge on any atom is 0.231 e. The van der Waals surface area contributed by atoms with Gasteiger partial charge < -0.3 is 14.8 Å². The van der Waals surface area contributed by atoms with Crippen LogP contribution in [-0.2, 0) is 6.54 Å². The van der Waals surface area contributed by atoms with E-state index in [9.17, 15) is 0 Å². The predicted molar refractivity (Wildman–Crippen MR) is 72.9 cm³/mol. The minimum atomic E-state index is 0.343. The molecule has 1 aliphatic rings. The molecule has 0 spiro atoms. The number of hydrogen-bond donors (Lipinski definition) is 1. The van der Waals surface area contributed by atoms with Crippen LogP contribution in [0.4, 0.5) is 0 Å². The molecule has 1 aromatic carbocycles. The number of hydrogen-bond acceptors (Lipinski definition) is 3. The molecule has 2 rings (SSSR count). The van der Waals surface area contributed by atoms with Gasteiger partial charge in [0, 0.05) is 6.54 Å². The van der Waals surface area contributed by atoms with Gasteiger partial charge in [0.25, 0.3) is 0 Å². The highest BCUT2D eigenvalue weighted by Gasteiger charge is 2.12. The average molecular weight is 247 g/mol. The average Bonchev–Trinajstić information content (AvgIpc) is 2.85. The lowest BCUT2D eigenvalue weighted by molar-refractivity contribution is 0.174. The van der Waals surface area contributed by atoms with Crippen molar-refractivity contribution in [3.05, 3.63) is 36.4 Å². The summed E-state index contributed by atoms with van der Waals surface area (Å²) in [5.41, 5.74) is 1.24. The van der Waals surface area contributed by atoms with E-state index in [1.54, 1.807) is 0 Å². The van der Waals surface area contributed by atoms with Crippen molar-refractivity contribution in [2.75, 3.05) is 13.3 Å². The van der Waals surface area contributed by atoms with Crippen molar-refractivity contribution in [3.8, 4) is 11.5 Å². The van der Waals surface area contributed by atoms with Gasteiger partial charge in [-0.1, -0.05) is 18.6 Å². The Morgan fingerprint density at radius 1 is 1.17 bits per heavy atom. The summed E-state index contributed by atoms with van der Waals surface area (Å²) in [4.78, 5) is 0. The molecular formula is C15H21NO2. The molecule has 98 valence electrons. The van der Waals surface area contributed by atoms with Crippen molar-refractivity contribution in [1.82, 2.24) is 5.32 Å². The zero-order chi connectivity index (χ0) is 12.6. The number of rotatable bonds is 8. The molecule has 0 aromatic heterocycles. The van der Waals surface area contributed by atoms with Gasteiger partial charge in [-0.3, -0.25) is 0 Å². The molecular weight excluding hydrogens is 226 g/mol. The molecule has 1 N–H and O–H groups in total. The van der Waals surface area contributed by atoms with Crippen LogP contribution >= 0.6 is 0 Å². The molecule has 0 unspecified atom stereocenters. The second-order valence-electron chi connectivity index (χ2n) is 4.50. The summed E-state index contributed by atoms with van der Waals surface area (Å²) in [6.07, 6.45) is 6.84. The fourth-order valence-electron chi connectivity index (χ4n) is 2.00. The molecule has 0 bridgehead atoms. The molecule has 18 heavy (non-hydrogen) atoms. The van der Waals surface area contributed by atoms with E-state index in [0.29, 0.717) is 6.79 Å². The van der Waals surface area contributed by atoms with Crippen LogP contribution in [0.15, 0.2) is 30.9 Å². The van der Waals surface area contributed by atoms with Crippen LogP contribution in [0, 0.1) is 0 Å². The first-order chi connectivity index (χ1) is 8.90. The summed E-state index contributed by atoms with van der Waals surface area (Å²) in [5, 5.41) is 3.45. The molecule has 0 saturated carbocycles. The lowest BCUT2D eigenvalue weighted by atomic mass is 10.2. The molecule has 1 heterocycles. The topological polar surface area (TPSA) is 30.5 Å². The number of nitrogens with one attached hydrogen (secondary N) is 1. The summed E-state index contributed by atoms with van der Waals surface area (Å²) in [5.74, 6) is 1.71. The first-order valence-corrected chi connectivity index (χ1v) is 6.60. The summed E-state index contributed by atoms with van der Waals surface area (Å²) < 4.78 is 10.6. The van der Waals surface area contributed by atoms with E-state index in [1.807, 2.05) is 18.2 Å². The monoisotopic (exact) mass is 247 g/mol. The molecule has 0 amide bonds. The number of ether oxygens (including phenoxy) is 2. The summed E-state index contributed by atoms with van der Waals surface area (Å²) in [7, 11) is 0. The third-order valence-electron chi connectivity index (χ3n) is 3.03. The largest absolute Gasteiger partial charge is 0.454 e. The Kier molecular flexibility index (Phi) is 5.09. The van der Waals surface area contributed by atoms with Crippen LogP contribution in [0.25, 0.3) is 0 Å². The van der Waals surface area contributed by atoms with Crippen molar-refractivity contribution in [1.29, 1.82) is 0 Å². The van der Waals surface area contributed by atoms with E-state index in [2.05, 4.69) is 18.0 Å². The SMILES string of the molecule is C=CCCCCCNCc1ccc2c(c1)OCO2. The first kappa shape index (κ1) is 13.0. The Hall–Kier alpha value is -1.48. The standard InChI is InChI=1S/C15H21NO2/c1-2-3-4-5-6-9-16-11-13-7-8-14-15(10-13)18-12-17-14/h2,7-8,10,16H,1,3-6,9,11-12H2. The third kappa shape index (κ3) is 3.77. The maximum atomic E-state index is 5.35. The molecule has 0 fully saturated rings. The number of benzene rings is 1. The highest BCUT2D eigenvalue weighted by Crippen LogP contribution is 2.32. The van der Waals surface area contributed by atoms with E-state index in [-0.39, 0.29) is 0 Å². The second-order valence-corrected chi connectivity index (χ2v) is 4.50. The molecule has 0 radical (unpaired) electrons. The maximum absolute atomic E-state index is 5.35. The van der Waals surface area contributed by atoms with Crippen molar-refractivity contribution >= 4 is 0 Å². The van der Waals surface area contributed by atoms with Crippen molar-refractivity contribution in [2.24, 2.45) is 0 Å². The van der Waals surface area contributed by atoms with E-state index in [0.717, 1.165) is 31.0 Å². The van der Waals surface area contributed by atoms with Gasteiger partial charge >= 0.3 is 0 Å². The van der Waals surface area contributed by atoms with E-state index in [1.165, 1.54) is 24.8 Å². The Balaban J connectivity index is 1.63. The van der Waals surface area contributed by atoms with Crippen molar-refractivity contribution < 1.29 is 9.47 Å². The van der Waals surface area contributed by atoms with Crippen LogP contribution < -0.4 is 14.8 Å². The normalized spacial score (nSPS) is 12.7. The van der Waals surface area contributed by atoms with Crippen LogP contribution in [0.5, 0.6) is 11.5 Å². The first-order valence-electron chi connectivity index (χ1n) is 6.60. The smallest absolute Gasteiger partial charge is 0.231 e. The fourth-order valence-corrected chi connectivity index (χ4v) is 2.00. The quantitative estimate of drug-likeness (QED) is 0.565. The number of allylic oxidation sites excluding steroid dienone is 1. The third-order valence-corrected chi connectivity index (χ3v) is 3.03.